The first-order valence-corrected chi connectivity index (χ1v) is 7.46. The number of aryl methyl sites for hydroxylation is 1. The van der Waals surface area contributed by atoms with Gasteiger partial charge in [-0.3, -0.25) is 4.79 Å². The van der Waals surface area contributed by atoms with E-state index >= 15 is 0 Å². The molecule has 2 atom stereocenters. The fourth-order valence-electron chi connectivity index (χ4n) is 2.23. The van der Waals surface area contributed by atoms with Crippen LogP contribution in [0.2, 0.25) is 0 Å². The van der Waals surface area contributed by atoms with Crippen LogP contribution < -0.4 is 5.32 Å². The summed E-state index contributed by atoms with van der Waals surface area (Å²) in [4.78, 5) is 14.0. The quantitative estimate of drug-likeness (QED) is 0.781. The van der Waals surface area contributed by atoms with Gasteiger partial charge in [-0.05, 0) is 43.7 Å². The third-order valence-electron chi connectivity index (χ3n) is 3.52. The molecule has 0 saturated heterocycles. The monoisotopic (exact) mass is 283 g/mol. The van der Waals surface area contributed by atoms with E-state index in [0.717, 1.165) is 12.8 Å². The van der Waals surface area contributed by atoms with Gasteiger partial charge in [0, 0.05) is 11.4 Å². The molecule has 1 heterocycles. The lowest BCUT2D eigenvalue weighted by Gasteiger charge is -2.20. The summed E-state index contributed by atoms with van der Waals surface area (Å²) in [6.07, 6.45) is 3.30. The highest BCUT2D eigenvalue weighted by Gasteiger charge is 2.23. The Morgan fingerprint density at radius 1 is 1.63 bits per heavy atom. The zero-order valence-electron chi connectivity index (χ0n) is 11.4. The lowest BCUT2D eigenvalue weighted by Crippen LogP contribution is -2.43. The molecule has 1 aromatic heterocycles. The minimum atomic E-state index is -1.26. The molecule has 0 spiro atoms. The number of carbonyl (C=O) groups excluding carboxylic acids is 1. The van der Waals surface area contributed by atoms with Gasteiger partial charge in [-0.2, -0.15) is 0 Å². The van der Waals surface area contributed by atoms with Crippen molar-refractivity contribution in [2.75, 3.05) is 13.2 Å². The molecule has 2 rings (SSSR count). The van der Waals surface area contributed by atoms with Crippen LogP contribution in [0.3, 0.4) is 0 Å². The molecule has 1 amide bonds. The van der Waals surface area contributed by atoms with Gasteiger partial charge in [-0.1, -0.05) is 6.92 Å². The summed E-state index contributed by atoms with van der Waals surface area (Å²) < 4.78 is 0. The van der Waals surface area contributed by atoms with Crippen LogP contribution >= 0.6 is 11.3 Å². The minimum absolute atomic E-state index is 0.0568. The molecule has 0 saturated carbocycles. The highest BCUT2D eigenvalue weighted by atomic mass is 32.1. The van der Waals surface area contributed by atoms with Gasteiger partial charge in [0.15, 0.2) is 0 Å². The average molecular weight is 283 g/mol. The molecule has 3 N–H and O–H groups in total. The number of carbonyl (C=O) groups is 1. The molecule has 19 heavy (non-hydrogen) atoms. The van der Waals surface area contributed by atoms with Crippen LogP contribution in [0.25, 0.3) is 0 Å². The van der Waals surface area contributed by atoms with E-state index in [4.69, 9.17) is 5.11 Å². The number of thiophene rings is 1. The third-order valence-corrected chi connectivity index (χ3v) is 4.76. The van der Waals surface area contributed by atoms with E-state index in [1.165, 1.54) is 23.8 Å². The molecule has 0 bridgehead atoms. The Hall–Kier alpha value is -0.910. The first-order valence-electron chi connectivity index (χ1n) is 6.64. The topological polar surface area (TPSA) is 69.6 Å². The molecule has 106 valence electrons. The van der Waals surface area contributed by atoms with E-state index in [2.05, 4.69) is 12.2 Å². The molecule has 5 heteroatoms. The smallest absolute Gasteiger partial charge is 0.261 e. The number of hydrogen-bond acceptors (Lipinski definition) is 4. The van der Waals surface area contributed by atoms with Crippen molar-refractivity contribution in [3.8, 4) is 0 Å². The van der Waals surface area contributed by atoms with Gasteiger partial charge in [-0.15, -0.1) is 11.3 Å². The van der Waals surface area contributed by atoms with Crippen molar-refractivity contribution in [1.29, 1.82) is 0 Å². The fourth-order valence-corrected chi connectivity index (χ4v) is 3.36. The summed E-state index contributed by atoms with van der Waals surface area (Å²) in [5.74, 6) is 0.522. The van der Waals surface area contributed by atoms with Gasteiger partial charge in [0.1, 0.15) is 5.60 Å². The zero-order valence-corrected chi connectivity index (χ0v) is 12.2. The molecular weight excluding hydrogens is 262 g/mol. The maximum Gasteiger partial charge on any atom is 0.261 e. The van der Waals surface area contributed by atoms with Gasteiger partial charge < -0.3 is 15.5 Å². The second-order valence-electron chi connectivity index (χ2n) is 5.74. The van der Waals surface area contributed by atoms with Crippen LogP contribution in [0, 0.1) is 5.92 Å². The highest BCUT2D eigenvalue weighted by molar-refractivity contribution is 7.14. The number of amides is 1. The van der Waals surface area contributed by atoms with Gasteiger partial charge >= 0.3 is 0 Å². The van der Waals surface area contributed by atoms with Crippen LogP contribution in [0.1, 0.15) is 40.4 Å². The Morgan fingerprint density at radius 3 is 3.05 bits per heavy atom. The molecule has 0 aliphatic heterocycles. The van der Waals surface area contributed by atoms with Gasteiger partial charge in [-0.25, -0.2) is 0 Å². The maximum absolute atomic E-state index is 12.0. The number of aliphatic hydroxyl groups excluding tert-OH is 1. The molecule has 0 radical (unpaired) electrons. The summed E-state index contributed by atoms with van der Waals surface area (Å²) in [7, 11) is 0. The Balaban J connectivity index is 2.01. The van der Waals surface area contributed by atoms with Crippen LogP contribution in [0.5, 0.6) is 0 Å². The SMILES string of the molecule is C[C@@H]1CCc2sc(C(=O)NC[C@@](C)(O)CO)cc2C1. The first kappa shape index (κ1) is 14.5. The van der Waals surface area contributed by atoms with Crippen LogP contribution in [-0.4, -0.2) is 34.9 Å². The van der Waals surface area contributed by atoms with E-state index in [-0.39, 0.29) is 19.1 Å². The molecule has 0 aromatic carbocycles. The van der Waals surface area contributed by atoms with Crippen LogP contribution in [0.15, 0.2) is 6.07 Å². The Bertz CT molecular complexity index is 467. The molecule has 1 aliphatic carbocycles. The van der Waals surface area contributed by atoms with Crippen molar-refractivity contribution in [2.45, 2.75) is 38.7 Å². The number of rotatable bonds is 4. The second-order valence-corrected chi connectivity index (χ2v) is 6.88. The zero-order chi connectivity index (χ0) is 14.0. The maximum atomic E-state index is 12.0. The lowest BCUT2D eigenvalue weighted by atomic mass is 9.90. The summed E-state index contributed by atoms with van der Waals surface area (Å²) in [5.41, 5.74) is 0.0314. The molecule has 0 fully saturated rings. The Kier molecular flexibility index (Phi) is 4.28. The van der Waals surface area contributed by atoms with E-state index in [1.54, 1.807) is 11.3 Å². The van der Waals surface area contributed by atoms with Crippen molar-refractivity contribution in [2.24, 2.45) is 5.92 Å². The predicted octanol–water partition coefficient (Wildman–Crippen LogP) is 1.35. The molecule has 1 aliphatic rings. The van der Waals surface area contributed by atoms with Crippen LogP contribution in [-0.2, 0) is 12.8 Å². The molecule has 0 unspecified atom stereocenters. The highest BCUT2D eigenvalue weighted by Crippen LogP contribution is 2.32. The van der Waals surface area contributed by atoms with Crippen molar-refractivity contribution in [3.05, 3.63) is 21.4 Å². The van der Waals surface area contributed by atoms with Crippen molar-refractivity contribution in [1.82, 2.24) is 5.32 Å². The average Bonchev–Trinajstić information content (AvgIpc) is 2.79. The van der Waals surface area contributed by atoms with Gasteiger partial charge in [0.05, 0.1) is 11.5 Å². The van der Waals surface area contributed by atoms with Gasteiger partial charge in [0.25, 0.3) is 5.91 Å². The number of aliphatic hydroxyl groups is 2. The summed E-state index contributed by atoms with van der Waals surface area (Å²) in [6.45, 7) is 3.42. The minimum Gasteiger partial charge on any atom is -0.393 e. The summed E-state index contributed by atoms with van der Waals surface area (Å²) >= 11 is 1.55. The summed E-state index contributed by atoms with van der Waals surface area (Å²) in [6, 6.07) is 1.97. The first-order chi connectivity index (χ1) is 8.91. The van der Waals surface area contributed by atoms with E-state index < -0.39 is 5.60 Å². The number of nitrogens with one attached hydrogen (secondary N) is 1. The largest absolute Gasteiger partial charge is 0.393 e. The standard InChI is InChI=1S/C14H21NO3S/c1-9-3-4-11-10(5-9)6-12(19-11)13(17)15-7-14(2,18)8-16/h6,9,16,18H,3-5,7-8H2,1-2H3,(H,15,17)/t9-,14-/m1/s1. The Morgan fingerprint density at radius 2 is 2.37 bits per heavy atom. The molecule has 4 nitrogen and oxygen atoms in total. The van der Waals surface area contributed by atoms with Crippen LogP contribution in [0.4, 0.5) is 0 Å². The van der Waals surface area contributed by atoms with E-state index in [0.29, 0.717) is 10.8 Å². The molecule has 1 aromatic rings. The summed E-state index contributed by atoms with van der Waals surface area (Å²) in [5, 5.41) is 21.3. The number of hydrogen-bond donors (Lipinski definition) is 3. The molecular formula is C14H21NO3S. The Labute approximate surface area is 117 Å². The van der Waals surface area contributed by atoms with E-state index in [1.807, 2.05) is 6.07 Å². The normalized spacial score (nSPS) is 21.6. The van der Waals surface area contributed by atoms with Crippen molar-refractivity contribution in [3.63, 3.8) is 0 Å². The second kappa shape index (κ2) is 5.61. The van der Waals surface area contributed by atoms with Crippen molar-refractivity contribution < 1.29 is 15.0 Å². The van der Waals surface area contributed by atoms with Gasteiger partial charge in [0.2, 0.25) is 0 Å². The lowest BCUT2D eigenvalue weighted by molar-refractivity contribution is 0.00323. The van der Waals surface area contributed by atoms with Crippen molar-refractivity contribution >= 4 is 17.2 Å². The fraction of sp³-hybridized carbons (Fsp3) is 0.643. The third kappa shape index (κ3) is 3.55. The van der Waals surface area contributed by atoms with E-state index in [9.17, 15) is 9.90 Å². The predicted molar refractivity (Wildman–Crippen MR) is 75.6 cm³/mol. The number of fused-ring (bicyclic) bond motifs is 1.